The second kappa shape index (κ2) is 11.9. The molecule has 1 aliphatic carbocycles. The molecule has 5 nitrogen and oxygen atoms in total. The van der Waals surface area contributed by atoms with Crippen LogP contribution in [-0.4, -0.2) is 30.6 Å². The molecule has 2 aromatic rings. The fourth-order valence-electron chi connectivity index (χ4n) is 4.21. The molecule has 1 saturated carbocycles. The maximum absolute atomic E-state index is 11.9. The van der Waals surface area contributed by atoms with Crippen LogP contribution >= 0.6 is 0 Å². The fourth-order valence-corrected chi connectivity index (χ4v) is 4.21. The summed E-state index contributed by atoms with van der Waals surface area (Å²) in [6, 6.07) is 16.1. The van der Waals surface area contributed by atoms with E-state index in [4.69, 9.17) is 14.2 Å². The summed E-state index contributed by atoms with van der Waals surface area (Å²) in [7, 11) is 0. The zero-order valence-electron chi connectivity index (χ0n) is 19.3. The zero-order chi connectivity index (χ0) is 22.8. The summed E-state index contributed by atoms with van der Waals surface area (Å²) < 4.78 is 16.1. The summed E-state index contributed by atoms with van der Waals surface area (Å²) in [5, 5.41) is 11.2. The highest BCUT2D eigenvalue weighted by molar-refractivity contribution is 5.64. The number of rotatable bonds is 10. The second-order valence-electron chi connectivity index (χ2n) is 8.54. The average molecular weight is 441 g/mol. The van der Waals surface area contributed by atoms with Crippen LogP contribution in [-0.2, 0) is 15.1 Å². The third-order valence-electron chi connectivity index (χ3n) is 6.16. The van der Waals surface area contributed by atoms with Crippen molar-refractivity contribution in [3.05, 3.63) is 54.1 Å². The van der Waals surface area contributed by atoms with E-state index in [0.29, 0.717) is 38.9 Å². The van der Waals surface area contributed by atoms with Gasteiger partial charge in [0.1, 0.15) is 11.9 Å². The fraction of sp³-hybridized carbons (Fsp3) is 0.519. The summed E-state index contributed by atoms with van der Waals surface area (Å²) in [5.41, 5.74) is 2.22. The van der Waals surface area contributed by atoms with Crippen LogP contribution in [0.25, 0.3) is 11.1 Å². The van der Waals surface area contributed by atoms with Gasteiger partial charge in [0.2, 0.25) is 0 Å². The molecule has 2 aromatic carbocycles. The van der Waals surface area contributed by atoms with Crippen LogP contribution in [0.3, 0.4) is 0 Å². The molecule has 0 radical (unpaired) electrons. The molecule has 3 rings (SSSR count). The van der Waals surface area contributed by atoms with Gasteiger partial charge in [-0.15, -0.1) is 0 Å². The molecule has 32 heavy (non-hydrogen) atoms. The van der Waals surface area contributed by atoms with E-state index in [1.54, 1.807) is 0 Å². The number of hydrogen-bond donors (Lipinski definition) is 1. The molecular weight excluding hydrogens is 404 g/mol. The van der Waals surface area contributed by atoms with Crippen LogP contribution < -0.4 is 4.74 Å². The molecule has 5 heteroatoms. The van der Waals surface area contributed by atoms with Crippen LogP contribution in [0.2, 0.25) is 0 Å². The van der Waals surface area contributed by atoms with E-state index in [-0.39, 0.29) is 6.10 Å². The van der Waals surface area contributed by atoms with Crippen LogP contribution in [0, 0.1) is 0 Å². The molecule has 0 unspecified atom stereocenters. The SMILES string of the molecule is CCCCCCOC(=O)OC1CCC(O)(c2ccc(-c3ccc(OCC)cc3)cc2)CC1. The van der Waals surface area contributed by atoms with Gasteiger partial charge < -0.3 is 19.3 Å². The van der Waals surface area contributed by atoms with Gasteiger partial charge in [-0.2, -0.15) is 0 Å². The van der Waals surface area contributed by atoms with Crippen molar-refractivity contribution < 1.29 is 24.1 Å². The Morgan fingerprint density at radius 3 is 2.16 bits per heavy atom. The lowest BCUT2D eigenvalue weighted by molar-refractivity contribution is -0.0538. The molecule has 0 saturated heterocycles. The first-order chi connectivity index (χ1) is 15.5. The van der Waals surface area contributed by atoms with Crippen molar-refractivity contribution in [1.82, 2.24) is 0 Å². The lowest BCUT2D eigenvalue weighted by Crippen LogP contribution is -2.35. The predicted molar refractivity (Wildman–Crippen MR) is 126 cm³/mol. The van der Waals surface area contributed by atoms with Crippen molar-refractivity contribution in [3.8, 4) is 16.9 Å². The molecule has 1 fully saturated rings. The molecular formula is C27H36O5. The Morgan fingerprint density at radius 1 is 0.938 bits per heavy atom. The van der Waals surface area contributed by atoms with Gasteiger partial charge in [0, 0.05) is 0 Å². The number of benzene rings is 2. The highest BCUT2D eigenvalue weighted by Crippen LogP contribution is 2.39. The Bertz CT molecular complexity index is 820. The Balaban J connectivity index is 1.48. The van der Waals surface area contributed by atoms with Crippen LogP contribution in [0.1, 0.15) is 70.8 Å². The monoisotopic (exact) mass is 440 g/mol. The third-order valence-corrected chi connectivity index (χ3v) is 6.16. The minimum atomic E-state index is -0.888. The van der Waals surface area contributed by atoms with Gasteiger partial charge in [-0.1, -0.05) is 62.6 Å². The summed E-state index contributed by atoms with van der Waals surface area (Å²) in [5.74, 6) is 0.863. The van der Waals surface area contributed by atoms with E-state index < -0.39 is 11.8 Å². The summed E-state index contributed by atoms with van der Waals surface area (Å²) in [4.78, 5) is 11.9. The van der Waals surface area contributed by atoms with Crippen molar-refractivity contribution in [2.75, 3.05) is 13.2 Å². The molecule has 0 amide bonds. The van der Waals surface area contributed by atoms with Gasteiger partial charge in [0.25, 0.3) is 0 Å². The average Bonchev–Trinajstić information content (AvgIpc) is 2.81. The first kappa shape index (κ1) is 24.1. The summed E-state index contributed by atoms with van der Waals surface area (Å²) in [6.45, 7) is 5.18. The van der Waals surface area contributed by atoms with E-state index in [2.05, 4.69) is 6.92 Å². The Hall–Kier alpha value is -2.53. The smallest absolute Gasteiger partial charge is 0.494 e. The molecule has 0 atom stereocenters. The largest absolute Gasteiger partial charge is 0.508 e. The van der Waals surface area contributed by atoms with Gasteiger partial charge in [-0.3, -0.25) is 0 Å². The van der Waals surface area contributed by atoms with E-state index in [1.807, 2.05) is 55.5 Å². The molecule has 0 heterocycles. The van der Waals surface area contributed by atoms with Crippen molar-refractivity contribution in [2.24, 2.45) is 0 Å². The highest BCUT2D eigenvalue weighted by Gasteiger charge is 2.36. The second-order valence-corrected chi connectivity index (χ2v) is 8.54. The molecule has 1 N–H and O–H groups in total. The first-order valence-electron chi connectivity index (χ1n) is 11.9. The van der Waals surface area contributed by atoms with E-state index in [9.17, 15) is 9.90 Å². The maximum atomic E-state index is 11.9. The lowest BCUT2D eigenvalue weighted by Gasteiger charge is -2.36. The van der Waals surface area contributed by atoms with Crippen molar-refractivity contribution in [1.29, 1.82) is 0 Å². The van der Waals surface area contributed by atoms with Crippen LogP contribution in [0.5, 0.6) is 5.75 Å². The molecule has 0 aromatic heterocycles. The van der Waals surface area contributed by atoms with Crippen LogP contribution in [0.15, 0.2) is 48.5 Å². The molecule has 0 bridgehead atoms. The van der Waals surface area contributed by atoms with Crippen LogP contribution in [0.4, 0.5) is 4.79 Å². The number of carbonyl (C=O) groups excluding carboxylic acids is 1. The standard InChI is InChI=1S/C27H36O5/c1-3-5-6-7-20-31-26(28)32-25-16-18-27(29,19-17-25)23-12-8-21(9-13-23)22-10-14-24(15-11-22)30-4-2/h8-15,25,29H,3-7,16-20H2,1-2H3. The topological polar surface area (TPSA) is 65.0 Å². The Labute approximate surface area is 191 Å². The minimum Gasteiger partial charge on any atom is -0.494 e. The van der Waals surface area contributed by atoms with Gasteiger partial charge in [0.05, 0.1) is 18.8 Å². The zero-order valence-corrected chi connectivity index (χ0v) is 19.3. The van der Waals surface area contributed by atoms with Crippen molar-refractivity contribution in [2.45, 2.75) is 76.9 Å². The number of carbonyl (C=O) groups is 1. The van der Waals surface area contributed by atoms with E-state index >= 15 is 0 Å². The summed E-state index contributed by atoms with van der Waals surface area (Å²) in [6.07, 6.45) is 5.84. The highest BCUT2D eigenvalue weighted by atomic mass is 16.7. The van der Waals surface area contributed by atoms with Gasteiger partial charge >= 0.3 is 6.16 Å². The Kier molecular flexibility index (Phi) is 8.98. The lowest BCUT2D eigenvalue weighted by atomic mass is 9.78. The normalized spacial score (nSPS) is 20.5. The van der Waals surface area contributed by atoms with Crippen molar-refractivity contribution >= 4 is 6.16 Å². The first-order valence-corrected chi connectivity index (χ1v) is 11.9. The number of unbranched alkanes of at least 4 members (excludes halogenated alkanes) is 3. The predicted octanol–water partition coefficient (Wildman–Crippen LogP) is 6.62. The number of hydrogen-bond acceptors (Lipinski definition) is 5. The molecule has 1 aliphatic rings. The number of aliphatic hydroxyl groups is 1. The summed E-state index contributed by atoms with van der Waals surface area (Å²) >= 11 is 0. The minimum absolute atomic E-state index is 0.193. The van der Waals surface area contributed by atoms with Gasteiger partial charge in [-0.25, -0.2) is 4.79 Å². The van der Waals surface area contributed by atoms with E-state index in [0.717, 1.165) is 48.1 Å². The van der Waals surface area contributed by atoms with Gasteiger partial charge in [0.15, 0.2) is 0 Å². The third kappa shape index (κ3) is 6.73. The van der Waals surface area contributed by atoms with Crippen molar-refractivity contribution in [3.63, 3.8) is 0 Å². The Morgan fingerprint density at radius 2 is 1.56 bits per heavy atom. The molecule has 0 aliphatic heterocycles. The number of ether oxygens (including phenoxy) is 3. The molecule has 0 spiro atoms. The van der Waals surface area contributed by atoms with Gasteiger partial charge in [-0.05, 0) is 67.9 Å². The van der Waals surface area contributed by atoms with E-state index in [1.165, 1.54) is 0 Å². The quantitative estimate of drug-likeness (QED) is 0.332. The molecule has 174 valence electrons. The maximum Gasteiger partial charge on any atom is 0.508 e.